The topological polar surface area (TPSA) is 93.7 Å². The van der Waals surface area contributed by atoms with Crippen LogP contribution in [-0.4, -0.2) is 34.3 Å². The Bertz CT molecular complexity index is 914. The van der Waals surface area contributed by atoms with E-state index in [1.165, 1.54) is 26.4 Å². The van der Waals surface area contributed by atoms with E-state index >= 15 is 0 Å². The van der Waals surface area contributed by atoms with Gasteiger partial charge in [0.05, 0.1) is 25.0 Å². The summed E-state index contributed by atoms with van der Waals surface area (Å²) in [4.78, 5) is 12.5. The Balaban J connectivity index is 2.13. The second-order valence-corrected chi connectivity index (χ2v) is 7.90. The number of nitrogens with one attached hydrogen (secondary N) is 2. The molecule has 0 bridgehead atoms. The average Bonchev–Trinajstić information content (AvgIpc) is 2.62. The minimum atomic E-state index is -3.36. The predicted octanol–water partition coefficient (Wildman–Crippen LogP) is 3.76. The lowest BCUT2D eigenvalue weighted by Crippen LogP contribution is -2.16. The quantitative estimate of drug-likeness (QED) is 0.688. The number of hydrogen-bond acceptors (Lipinski definition) is 5. The van der Waals surface area contributed by atoms with Crippen LogP contribution in [-0.2, 0) is 10.0 Å². The van der Waals surface area contributed by atoms with Crippen LogP contribution in [0.15, 0.2) is 36.4 Å². The molecule has 0 aliphatic rings. The fourth-order valence-electron chi connectivity index (χ4n) is 2.37. The molecule has 0 atom stereocenters. The summed E-state index contributed by atoms with van der Waals surface area (Å²) in [7, 11) is -0.450. The van der Waals surface area contributed by atoms with Gasteiger partial charge in [0.1, 0.15) is 0 Å². The maximum Gasteiger partial charge on any atom is 0.255 e. The summed E-state index contributed by atoms with van der Waals surface area (Å²) in [5.41, 5.74) is 1.23. The van der Waals surface area contributed by atoms with Crippen molar-refractivity contribution in [2.24, 2.45) is 0 Å². The second-order valence-electron chi connectivity index (χ2n) is 5.65. The van der Waals surface area contributed by atoms with Crippen LogP contribution in [0.25, 0.3) is 0 Å². The fourth-order valence-corrected chi connectivity index (χ4v) is 3.80. The van der Waals surface area contributed by atoms with Crippen molar-refractivity contribution in [1.82, 2.24) is 0 Å². The maximum atomic E-state index is 12.5. The van der Waals surface area contributed by atoms with Gasteiger partial charge in [0.15, 0.2) is 11.5 Å². The zero-order valence-corrected chi connectivity index (χ0v) is 16.8. The van der Waals surface area contributed by atoms with Crippen molar-refractivity contribution in [3.05, 3.63) is 47.0 Å². The highest BCUT2D eigenvalue weighted by Crippen LogP contribution is 2.36. The minimum Gasteiger partial charge on any atom is -0.493 e. The molecule has 0 heterocycles. The summed E-state index contributed by atoms with van der Waals surface area (Å²) in [6, 6.07) is 9.35. The van der Waals surface area contributed by atoms with E-state index < -0.39 is 15.9 Å². The minimum absolute atomic E-state index is 0.0472. The number of hydrogen-bond donors (Lipinski definition) is 2. The van der Waals surface area contributed by atoms with Crippen LogP contribution in [0, 0.1) is 0 Å². The number of methoxy groups -OCH3 is 2. The molecule has 0 fully saturated rings. The summed E-state index contributed by atoms with van der Waals surface area (Å²) < 4.78 is 36.4. The van der Waals surface area contributed by atoms with Gasteiger partial charge in [-0.15, -0.1) is 0 Å². The number of benzene rings is 2. The smallest absolute Gasteiger partial charge is 0.255 e. The lowest BCUT2D eigenvalue weighted by atomic mass is 10.1. The number of amides is 1. The summed E-state index contributed by atoms with van der Waals surface area (Å²) in [6.07, 6.45) is 0.525. The van der Waals surface area contributed by atoms with Crippen LogP contribution >= 0.6 is 11.6 Å². The van der Waals surface area contributed by atoms with E-state index in [2.05, 4.69) is 10.0 Å². The molecular weight excluding hydrogens is 392 g/mol. The zero-order valence-electron chi connectivity index (χ0n) is 15.2. The first kappa shape index (κ1) is 20.9. The normalized spacial score (nSPS) is 11.0. The highest BCUT2D eigenvalue weighted by molar-refractivity contribution is 7.92. The molecule has 0 saturated carbocycles. The highest BCUT2D eigenvalue weighted by Gasteiger charge is 2.15. The monoisotopic (exact) mass is 412 g/mol. The van der Waals surface area contributed by atoms with E-state index in [1.54, 1.807) is 31.2 Å². The molecule has 0 aliphatic carbocycles. The molecule has 0 radical (unpaired) electrons. The molecule has 146 valence electrons. The molecule has 0 aliphatic heterocycles. The van der Waals surface area contributed by atoms with E-state index in [-0.39, 0.29) is 10.8 Å². The molecule has 7 nitrogen and oxygen atoms in total. The third-order valence-electron chi connectivity index (χ3n) is 3.58. The molecule has 0 unspecified atom stereocenters. The zero-order chi connectivity index (χ0) is 20.0. The molecule has 0 aromatic heterocycles. The molecule has 9 heteroatoms. The van der Waals surface area contributed by atoms with Crippen molar-refractivity contribution in [2.45, 2.75) is 13.3 Å². The Labute approximate surface area is 163 Å². The third kappa shape index (κ3) is 5.51. The first-order chi connectivity index (χ1) is 12.8. The van der Waals surface area contributed by atoms with Gasteiger partial charge in [0.2, 0.25) is 10.0 Å². The largest absolute Gasteiger partial charge is 0.493 e. The second kappa shape index (κ2) is 8.96. The third-order valence-corrected chi connectivity index (χ3v) is 5.36. The molecule has 2 aromatic carbocycles. The lowest BCUT2D eigenvalue weighted by molar-refractivity contribution is 0.102. The van der Waals surface area contributed by atoms with Gasteiger partial charge in [-0.3, -0.25) is 9.52 Å². The van der Waals surface area contributed by atoms with Crippen LogP contribution in [0.4, 0.5) is 11.4 Å². The van der Waals surface area contributed by atoms with E-state index in [4.69, 9.17) is 21.1 Å². The van der Waals surface area contributed by atoms with Gasteiger partial charge in [-0.05, 0) is 42.8 Å². The van der Waals surface area contributed by atoms with Gasteiger partial charge >= 0.3 is 0 Å². The van der Waals surface area contributed by atoms with Gasteiger partial charge < -0.3 is 14.8 Å². The fraction of sp³-hybridized carbons (Fsp3) is 0.278. The molecule has 2 aromatic rings. The van der Waals surface area contributed by atoms with E-state index in [1.807, 2.05) is 0 Å². The number of sulfonamides is 1. The highest BCUT2D eigenvalue weighted by atomic mass is 35.5. The SMILES string of the molecule is CCCS(=O)(=O)Nc1ccc(NC(=O)c2cc(Cl)c(OC)c(OC)c2)cc1. The van der Waals surface area contributed by atoms with Gasteiger partial charge in [-0.2, -0.15) is 0 Å². The Kier molecular flexibility index (Phi) is 6.92. The molecule has 27 heavy (non-hydrogen) atoms. The number of halogens is 1. The average molecular weight is 413 g/mol. The Morgan fingerprint density at radius 3 is 2.26 bits per heavy atom. The van der Waals surface area contributed by atoms with E-state index in [9.17, 15) is 13.2 Å². The van der Waals surface area contributed by atoms with Crippen molar-refractivity contribution >= 4 is 38.9 Å². The molecule has 1 amide bonds. The number of carbonyl (C=O) groups is 1. The summed E-state index contributed by atoms with van der Waals surface area (Å²) in [5.74, 6) is 0.346. The number of ether oxygens (including phenoxy) is 2. The predicted molar refractivity (Wildman–Crippen MR) is 107 cm³/mol. The Morgan fingerprint density at radius 1 is 1.07 bits per heavy atom. The van der Waals surface area contributed by atoms with Gasteiger partial charge in [0.25, 0.3) is 5.91 Å². The number of anilines is 2. The molecule has 2 rings (SSSR count). The number of rotatable bonds is 8. The van der Waals surface area contributed by atoms with Crippen LogP contribution in [0.1, 0.15) is 23.7 Å². The molecule has 0 saturated heterocycles. The van der Waals surface area contributed by atoms with Crippen molar-refractivity contribution in [3.8, 4) is 11.5 Å². The first-order valence-electron chi connectivity index (χ1n) is 8.13. The maximum absolute atomic E-state index is 12.5. The van der Waals surface area contributed by atoms with Crippen LogP contribution < -0.4 is 19.5 Å². The van der Waals surface area contributed by atoms with E-state index in [0.717, 1.165) is 0 Å². The van der Waals surface area contributed by atoms with Gasteiger partial charge in [-0.25, -0.2) is 8.42 Å². The molecule has 2 N–H and O–H groups in total. The first-order valence-corrected chi connectivity index (χ1v) is 10.2. The van der Waals surface area contributed by atoms with Crippen LogP contribution in [0.2, 0.25) is 5.02 Å². The van der Waals surface area contributed by atoms with Gasteiger partial charge in [0, 0.05) is 16.9 Å². The van der Waals surface area contributed by atoms with Crippen LogP contribution in [0.3, 0.4) is 0 Å². The van der Waals surface area contributed by atoms with E-state index in [0.29, 0.717) is 34.9 Å². The lowest BCUT2D eigenvalue weighted by Gasteiger charge is -2.12. The number of carbonyl (C=O) groups excluding carboxylic acids is 1. The summed E-state index contributed by atoms with van der Waals surface area (Å²) >= 11 is 6.12. The van der Waals surface area contributed by atoms with Gasteiger partial charge in [-0.1, -0.05) is 18.5 Å². The summed E-state index contributed by atoms with van der Waals surface area (Å²) in [5, 5.41) is 2.97. The van der Waals surface area contributed by atoms with Crippen molar-refractivity contribution < 1.29 is 22.7 Å². The molecular formula is C18H21ClN2O5S. The summed E-state index contributed by atoms with van der Waals surface area (Å²) in [6.45, 7) is 1.79. The van der Waals surface area contributed by atoms with Crippen LogP contribution in [0.5, 0.6) is 11.5 Å². The van der Waals surface area contributed by atoms with Crippen molar-refractivity contribution in [3.63, 3.8) is 0 Å². The standard InChI is InChI=1S/C18H21ClN2O5S/c1-4-9-27(23,24)21-14-7-5-13(6-8-14)20-18(22)12-10-15(19)17(26-3)16(11-12)25-2/h5-8,10-11,21H,4,9H2,1-3H3,(H,20,22). The Hall–Kier alpha value is -2.45. The molecule has 0 spiro atoms. The van der Waals surface area contributed by atoms with Crippen molar-refractivity contribution in [1.29, 1.82) is 0 Å². The Morgan fingerprint density at radius 2 is 1.70 bits per heavy atom. The van der Waals surface area contributed by atoms with Crippen molar-refractivity contribution in [2.75, 3.05) is 30.0 Å².